The monoisotopic (exact) mass is 357 g/mol. The minimum Gasteiger partial charge on any atom is -0.381 e. The fourth-order valence-corrected chi connectivity index (χ4v) is 4.92. The van der Waals surface area contributed by atoms with Gasteiger partial charge in [-0.05, 0) is 69.2 Å². The standard InChI is InChI=1S/C21H31N3O2/c25-20-21(6-2-10-24(20)17-18-4-13-26-14-5-18)7-11-23(12-8-21)16-19-3-1-9-22-15-19/h1,3,9,15,18H,2,4-8,10-14,16-17H2. The van der Waals surface area contributed by atoms with Crippen molar-refractivity contribution in [2.75, 3.05) is 39.4 Å². The summed E-state index contributed by atoms with van der Waals surface area (Å²) in [5, 5.41) is 0. The summed E-state index contributed by atoms with van der Waals surface area (Å²) in [5.41, 5.74) is 1.18. The lowest BCUT2D eigenvalue weighted by Crippen LogP contribution is -2.54. The van der Waals surface area contributed by atoms with Crippen molar-refractivity contribution in [2.45, 2.75) is 45.1 Å². The van der Waals surface area contributed by atoms with Gasteiger partial charge in [0.25, 0.3) is 0 Å². The zero-order chi connectivity index (χ0) is 17.8. The molecule has 3 aliphatic heterocycles. The quantitative estimate of drug-likeness (QED) is 0.831. The van der Waals surface area contributed by atoms with E-state index in [1.54, 1.807) is 0 Å². The van der Waals surface area contributed by atoms with Crippen molar-refractivity contribution >= 4 is 5.91 Å². The second kappa shape index (κ2) is 8.05. The molecule has 4 heterocycles. The van der Waals surface area contributed by atoms with Gasteiger partial charge in [0.05, 0.1) is 5.41 Å². The van der Waals surface area contributed by atoms with E-state index in [4.69, 9.17) is 4.74 Å². The number of likely N-dealkylation sites (tertiary alicyclic amines) is 2. The van der Waals surface area contributed by atoms with Crippen LogP contribution in [0.4, 0.5) is 0 Å². The van der Waals surface area contributed by atoms with Crippen molar-refractivity contribution in [3.8, 4) is 0 Å². The van der Waals surface area contributed by atoms with Crippen LogP contribution in [-0.2, 0) is 16.1 Å². The predicted octanol–water partition coefficient (Wildman–Crippen LogP) is 2.71. The molecule has 0 atom stereocenters. The van der Waals surface area contributed by atoms with Crippen LogP contribution in [0.15, 0.2) is 24.5 Å². The van der Waals surface area contributed by atoms with Crippen molar-refractivity contribution in [2.24, 2.45) is 11.3 Å². The van der Waals surface area contributed by atoms with Crippen molar-refractivity contribution in [1.82, 2.24) is 14.8 Å². The van der Waals surface area contributed by atoms with E-state index in [2.05, 4.69) is 20.9 Å². The number of nitrogens with zero attached hydrogens (tertiary/aromatic N) is 3. The van der Waals surface area contributed by atoms with E-state index >= 15 is 0 Å². The summed E-state index contributed by atoms with van der Waals surface area (Å²) in [6.45, 7) is 6.62. The molecule has 0 saturated carbocycles. The molecule has 0 aliphatic carbocycles. The van der Waals surface area contributed by atoms with Crippen LogP contribution in [0.2, 0.25) is 0 Å². The summed E-state index contributed by atoms with van der Waals surface area (Å²) < 4.78 is 5.47. The fourth-order valence-electron chi connectivity index (χ4n) is 4.92. The number of hydrogen-bond donors (Lipinski definition) is 0. The van der Waals surface area contributed by atoms with Gasteiger partial charge in [0.15, 0.2) is 0 Å². The van der Waals surface area contributed by atoms with Gasteiger partial charge in [-0.15, -0.1) is 0 Å². The number of amides is 1. The summed E-state index contributed by atoms with van der Waals surface area (Å²) in [6, 6.07) is 4.14. The molecule has 26 heavy (non-hydrogen) atoms. The highest BCUT2D eigenvalue weighted by atomic mass is 16.5. The van der Waals surface area contributed by atoms with Gasteiger partial charge in [0.2, 0.25) is 5.91 Å². The van der Waals surface area contributed by atoms with Gasteiger partial charge < -0.3 is 9.64 Å². The summed E-state index contributed by atoms with van der Waals surface area (Å²) in [6.07, 6.45) is 10.3. The lowest BCUT2D eigenvalue weighted by atomic mass is 9.71. The van der Waals surface area contributed by atoms with Gasteiger partial charge in [0.1, 0.15) is 0 Å². The summed E-state index contributed by atoms with van der Waals surface area (Å²) in [7, 11) is 0. The Morgan fingerprint density at radius 3 is 2.69 bits per heavy atom. The normalized spacial score (nSPS) is 24.9. The number of carbonyl (C=O) groups excluding carboxylic acids is 1. The summed E-state index contributed by atoms with van der Waals surface area (Å²) >= 11 is 0. The molecule has 0 aromatic carbocycles. The Balaban J connectivity index is 1.34. The van der Waals surface area contributed by atoms with Crippen LogP contribution in [-0.4, -0.2) is 60.1 Å². The molecule has 5 nitrogen and oxygen atoms in total. The highest BCUT2D eigenvalue weighted by Gasteiger charge is 2.45. The first-order valence-electron chi connectivity index (χ1n) is 10.2. The SMILES string of the molecule is O=C1N(CC2CCOCC2)CCCC12CCN(Cc1cccnc1)CC2. The van der Waals surface area contributed by atoms with E-state index in [1.165, 1.54) is 5.56 Å². The number of aromatic nitrogens is 1. The summed E-state index contributed by atoms with van der Waals surface area (Å²) in [4.78, 5) is 22.2. The molecule has 0 radical (unpaired) electrons. The van der Waals surface area contributed by atoms with E-state index in [0.717, 1.165) is 84.5 Å². The Morgan fingerprint density at radius 1 is 1.15 bits per heavy atom. The lowest BCUT2D eigenvalue weighted by molar-refractivity contribution is -0.151. The van der Waals surface area contributed by atoms with Crippen molar-refractivity contribution < 1.29 is 9.53 Å². The van der Waals surface area contributed by atoms with Gasteiger partial charge >= 0.3 is 0 Å². The molecule has 142 valence electrons. The second-order valence-electron chi connectivity index (χ2n) is 8.33. The second-order valence-corrected chi connectivity index (χ2v) is 8.33. The molecule has 1 amide bonds. The first-order chi connectivity index (χ1) is 12.8. The molecule has 0 N–H and O–H groups in total. The third-order valence-corrected chi connectivity index (χ3v) is 6.59. The molecule has 1 aromatic rings. The number of rotatable bonds is 4. The highest BCUT2D eigenvalue weighted by Crippen LogP contribution is 2.41. The molecular formula is C21H31N3O2. The smallest absolute Gasteiger partial charge is 0.228 e. The van der Waals surface area contributed by atoms with E-state index < -0.39 is 0 Å². The van der Waals surface area contributed by atoms with Crippen LogP contribution in [0.3, 0.4) is 0 Å². The molecule has 3 fully saturated rings. The molecule has 5 heteroatoms. The van der Waals surface area contributed by atoms with E-state index in [9.17, 15) is 4.79 Å². The van der Waals surface area contributed by atoms with Gasteiger partial charge in [0, 0.05) is 45.2 Å². The van der Waals surface area contributed by atoms with Crippen LogP contribution in [0.1, 0.15) is 44.1 Å². The van der Waals surface area contributed by atoms with Crippen molar-refractivity contribution in [3.63, 3.8) is 0 Å². The Hall–Kier alpha value is -1.46. The van der Waals surface area contributed by atoms with Gasteiger partial charge in [-0.25, -0.2) is 0 Å². The van der Waals surface area contributed by atoms with Crippen LogP contribution >= 0.6 is 0 Å². The number of ether oxygens (including phenoxy) is 1. The topological polar surface area (TPSA) is 45.7 Å². The molecule has 1 spiro atoms. The third kappa shape index (κ3) is 3.94. The maximum absolute atomic E-state index is 13.3. The highest BCUT2D eigenvalue weighted by molar-refractivity contribution is 5.83. The Morgan fingerprint density at radius 2 is 1.96 bits per heavy atom. The third-order valence-electron chi connectivity index (χ3n) is 6.59. The maximum atomic E-state index is 13.3. The number of pyridine rings is 1. The molecule has 3 saturated heterocycles. The predicted molar refractivity (Wildman–Crippen MR) is 101 cm³/mol. The Bertz CT molecular complexity index is 593. The number of carbonyl (C=O) groups is 1. The molecule has 0 bridgehead atoms. The van der Waals surface area contributed by atoms with Gasteiger partial charge in [-0.3, -0.25) is 14.7 Å². The Labute approximate surface area is 156 Å². The van der Waals surface area contributed by atoms with Crippen LogP contribution in [0.25, 0.3) is 0 Å². The maximum Gasteiger partial charge on any atom is 0.228 e. The average molecular weight is 357 g/mol. The lowest BCUT2D eigenvalue weighted by Gasteiger charge is -2.47. The van der Waals surface area contributed by atoms with Crippen molar-refractivity contribution in [1.29, 1.82) is 0 Å². The molecule has 4 rings (SSSR count). The van der Waals surface area contributed by atoms with Crippen LogP contribution in [0, 0.1) is 11.3 Å². The number of hydrogen-bond acceptors (Lipinski definition) is 4. The minimum absolute atomic E-state index is 0.0884. The minimum atomic E-state index is -0.0884. The molecule has 0 unspecified atom stereocenters. The molecular weight excluding hydrogens is 326 g/mol. The van der Waals surface area contributed by atoms with E-state index in [-0.39, 0.29) is 5.41 Å². The molecule has 3 aliphatic rings. The van der Waals surface area contributed by atoms with Crippen LogP contribution < -0.4 is 0 Å². The first kappa shape index (κ1) is 17.9. The largest absolute Gasteiger partial charge is 0.381 e. The Kier molecular flexibility index (Phi) is 5.55. The van der Waals surface area contributed by atoms with Crippen LogP contribution in [0.5, 0.6) is 0 Å². The number of piperidine rings is 2. The zero-order valence-electron chi connectivity index (χ0n) is 15.7. The summed E-state index contributed by atoms with van der Waals surface area (Å²) in [5.74, 6) is 1.07. The van der Waals surface area contributed by atoms with E-state index in [0.29, 0.717) is 11.8 Å². The van der Waals surface area contributed by atoms with E-state index in [1.807, 2.05) is 18.5 Å². The van der Waals surface area contributed by atoms with Gasteiger partial charge in [-0.1, -0.05) is 6.07 Å². The van der Waals surface area contributed by atoms with Gasteiger partial charge in [-0.2, -0.15) is 0 Å². The van der Waals surface area contributed by atoms with Crippen molar-refractivity contribution in [3.05, 3.63) is 30.1 Å². The zero-order valence-corrected chi connectivity index (χ0v) is 15.7. The fraction of sp³-hybridized carbons (Fsp3) is 0.714. The molecule has 1 aromatic heterocycles. The first-order valence-corrected chi connectivity index (χ1v) is 10.2. The average Bonchev–Trinajstić information content (AvgIpc) is 2.69.